The van der Waals surface area contributed by atoms with Crippen LogP contribution in [-0.4, -0.2) is 30.2 Å². The average Bonchev–Trinajstić information content (AvgIpc) is 2.47. The Bertz CT molecular complexity index is 466. The maximum absolute atomic E-state index is 12.0. The van der Waals surface area contributed by atoms with Crippen LogP contribution in [0.3, 0.4) is 0 Å². The smallest absolute Gasteiger partial charge is 0.303 e. The molecule has 0 aliphatic carbocycles. The van der Waals surface area contributed by atoms with Gasteiger partial charge in [0, 0.05) is 19.6 Å². The van der Waals surface area contributed by atoms with Crippen molar-refractivity contribution in [2.75, 3.05) is 13.2 Å². The second-order valence-corrected chi connectivity index (χ2v) is 5.00. The Morgan fingerprint density at radius 1 is 1.15 bits per heavy atom. The minimum atomic E-state index is -0.958. The fourth-order valence-electron chi connectivity index (χ4n) is 2.51. The molecule has 0 saturated carbocycles. The van der Waals surface area contributed by atoms with Gasteiger partial charge in [0.1, 0.15) is 0 Å². The second kappa shape index (κ2) is 6.52. The molecule has 2 rings (SSSR count). The highest BCUT2D eigenvalue weighted by molar-refractivity contribution is 5.81. The number of hydrogen-bond donors (Lipinski definition) is 2. The Balaban J connectivity index is 2.11. The van der Waals surface area contributed by atoms with E-state index >= 15 is 0 Å². The van der Waals surface area contributed by atoms with Crippen LogP contribution in [0.15, 0.2) is 30.3 Å². The van der Waals surface area contributed by atoms with E-state index in [-0.39, 0.29) is 18.7 Å². The monoisotopic (exact) mass is 277 g/mol. The molecular weight excluding hydrogens is 258 g/mol. The highest BCUT2D eigenvalue weighted by Gasteiger charge is 2.35. The highest BCUT2D eigenvalue weighted by Crippen LogP contribution is 2.32. The van der Waals surface area contributed by atoms with Crippen molar-refractivity contribution in [2.24, 2.45) is 0 Å². The van der Waals surface area contributed by atoms with Crippen molar-refractivity contribution in [3.05, 3.63) is 35.9 Å². The van der Waals surface area contributed by atoms with Crippen LogP contribution >= 0.6 is 0 Å². The Labute approximate surface area is 117 Å². The van der Waals surface area contributed by atoms with Crippen molar-refractivity contribution in [3.8, 4) is 0 Å². The van der Waals surface area contributed by atoms with E-state index in [1.54, 1.807) is 0 Å². The molecule has 0 unspecified atom stereocenters. The average molecular weight is 277 g/mol. The van der Waals surface area contributed by atoms with Crippen molar-refractivity contribution in [2.45, 2.75) is 31.2 Å². The number of benzene rings is 1. The van der Waals surface area contributed by atoms with Gasteiger partial charge in [-0.15, -0.1) is 0 Å². The Hall–Kier alpha value is -1.88. The first-order chi connectivity index (χ1) is 9.62. The van der Waals surface area contributed by atoms with Crippen molar-refractivity contribution in [3.63, 3.8) is 0 Å². The van der Waals surface area contributed by atoms with E-state index in [4.69, 9.17) is 9.84 Å². The molecule has 0 bridgehead atoms. The number of rotatable bonds is 5. The number of amides is 1. The van der Waals surface area contributed by atoms with Crippen LogP contribution in [0, 0.1) is 0 Å². The number of carbonyl (C=O) groups excluding carboxylic acids is 1. The molecule has 1 aromatic rings. The van der Waals surface area contributed by atoms with Gasteiger partial charge in [-0.3, -0.25) is 9.59 Å². The molecule has 1 amide bonds. The summed E-state index contributed by atoms with van der Waals surface area (Å²) in [5, 5.41) is 11.7. The molecule has 108 valence electrons. The SMILES string of the molecule is O=C(O)CCC(=O)NC1(c2ccccc2)CCOCC1. The fourth-order valence-corrected chi connectivity index (χ4v) is 2.51. The first kappa shape index (κ1) is 14.5. The molecule has 20 heavy (non-hydrogen) atoms. The molecule has 1 fully saturated rings. The maximum atomic E-state index is 12.0. The van der Waals surface area contributed by atoms with Gasteiger partial charge >= 0.3 is 5.97 Å². The lowest BCUT2D eigenvalue weighted by molar-refractivity contribution is -0.139. The summed E-state index contributed by atoms with van der Waals surface area (Å²) >= 11 is 0. The molecule has 1 saturated heterocycles. The van der Waals surface area contributed by atoms with E-state index in [1.807, 2.05) is 30.3 Å². The van der Waals surface area contributed by atoms with Gasteiger partial charge in [0.25, 0.3) is 0 Å². The van der Waals surface area contributed by atoms with Crippen molar-refractivity contribution < 1.29 is 19.4 Å². The van der Waals surface area contributed by atoms with Gasteiger partial charge in [0.2, 0.25) is 5.91 Å². The molecule has 1 aromatic carbocycles. The van der Waals surface area contributed by atoms with E-state index in [9.17, 15) is 9.59 Å². The van der Waals surface area contributed by atoms with Crippen LogP contribution in [-0.2, 0) is 19.9 Å². The van der Waals surface area contributed by atoms with Crippen LogP contribution < -0.4 is 5.32 Å². The van der Waals surface area contributed by atoms with E-state index in [0.29, 0.717) is 26.1 Å². The van der Waals surface area contributed by atoms with E-state index < -0.39 is 11.5 Å². The standard InChI is InChI=1S/C15H19NO4/c17-13(6-7-14(18)19)16-15(8-10-20-11-9-15)12-4-2-1-3-5-12/h1-5H,6-11H2,(H,16,17)(H,18,19). The summed E-state index contributed by atoms with van der Waals surface area (Å²) in [7, 11) is 0. The zero-order chi connectivity index (χ0) is 14.4. The number of ether oxygens (including phenoxy) is 1. The van der Waals surface area contributed by atoms with E-state index in [2.05, 4.69) is 5.32 Å². The molecule has 2 N–H and O–H groups in total. The normalized spacial score (nSPS) is 17.4. The van der Waals surface area contributed by atoms with E-state index in [0.717, 1.165) is 5.56 Å². The van der Waals surface area contributed by atoms with Gasteiger partial charge in [-0.2, -0.15) is 0 Å². The first-order valence-corrected chi connectivity index (χ1v) is 6.78. The predicted octanol–water partition coefficient (Wildman–Crippen LogP) is 1.67. The molecule has 1 heterocycles. The van der Waals surface area contributed by atoms with Gasteiger partial charge < -0.3 is 15.2 Å². The summed E-state index contributed by atoms with van der Waals surface area (Å²) in [4.78, 5) is 22.5. The minimum Gasteiger partial charge on any atom is -0.481 e. The number of nitrogens with one attached hydrogen (secondary N) is 1. The summed E-state index contributed by atoms with van der Waals surface area (Å²) in [5.41, 5.74) is 0.613. The topological polar surface area (TPSA) is 75.6 Å². The summed E-state index contributed by atoms with van der Waals surface area (Å²) in [5.74, 6) is -1.18. The molecule has 0 aromatic heterocycles. The van der Waals surface area contributed by atoms with Gasteiger partial charge in [0.05, 0.1) is 12.0 Å². The molecular formula is C15H19NO4. The molecule has 0 radical (unpaired) electrons. The molecule has 1 aliphatic heterocycles. The lowest BCUT2D eigenvalue weighted by Crippen LogP contribution is -2.49. The number of hydrogen-bond acceptors (Lipinski definition) is 3. The maximum Gasteiger partial charge on any atom is 0.303 e. The molecule has 1 aliphatic rings. The summed E-state index contributed by atoms with van der Waals surface area (Å²) < 4.78 is 5.38. The lowest BCUT2D eigenvalue weighted by atomic mass is 9.82. The second-order valence-electron chi connectivity index (χ2n) is 5.00. The Morgan fingerprint density at radius 3 is 2.40 bits per heavy atom. The van der Waals surface area contributed by atoms with Gasteiger partial charge in [-0.1, -0.05) is 30.3 Å². The minimum absolute atomic E-state index is 0.00474. The summed E-state index contributed by atoms with van der Waals surface area (Å²) in [6, 6.07) is 9.79. The largest absolute Gasteiger partial charge is 0.481 e. The lowest BCUT2D eigenvalue weighted by Gasteiger charge is -2.38. The quantitative estimate of drug-likeness (QED) is 0.858. The molecule has 5 nitrogen and oxygen atoms in total. The first-order valence-electron chi connectivity index (χ1n) is 6.78. The number of carboxylic acid groups (broad SMARTS) is 1. The molecule has 0 spiro atoms. The van der Waals surface area contributed by atoms with E-state index in [1.165, 1.54) is 0 Å². The van der Waals surface area contributed by atoms with Gasteiger partial charge in [-0.05, 0) is 18.4 Å². The highest BCUT2D eigenvalue weighted by atomic mass is 16.5. The van der Waals surface area contributed by atoms with Gasteiger partial charge in [0.15, 0.2) is 0 Å². The van der Waals surface area contributed by atoms with Crippen LogP contribution in [0.25, 0.3) is 0 Å². The summed E-state index contributed by atoms with van der Waals surface area (Å²) in [6.45, 7) is 1.18. The van der Waals surface area contributed by atoms with Crippen molar-refractivity contribution in [1.29, 1.82) is 0 Å². The summed E-state index contributed by atoms with van der Waals surface area (Å²) in [6.07, 6.45) is 1.27. The van der Waals surface area contributed by atoms with Gasteiger partial charge in [-0.25, -0.2) is 0 Å². The van der Waals surface area contributed by atoms with Crippen LogP contribution in [0.4, 0.5) is 0 Å². The van der Waals surface area contributed by atoms with Crippen LogP contribution in [0.1, 0.15) is 31.2 Å². The Kier molecular flexibility index (Phi) is 4.74. The third-order valence-corrected chi connectivity index (χ3v) is 3.62. The zero-order valence-corrected chi connectivity index (χ0v) is 11.3. The Morgan fingerprint density at radius 2 is 1.80 bits per heavy atom. The fraction of sp³-hybridized carbons (Fsp3) is 0.467. The number of carbonyl (C=O) groups is 2. The van der Waals surface area contributed by atoms with Crippen LogP contribution in [0.5, 0.6) is 0 Å². The molecule has 5 heteroatoms. The predicted molar refractivity (Wildman–Crippen MR) is 73.2 cm³/mol. The number of aliphatic carboxylic acids is 1. The van der Waals surface area contributed by atoms with Crippen molar-refractivity contribution >= 4 is 11.9 Å². The molecule has 0 atom stereocenters. The third kappa shape index (κ3) is 3.57. The van der Waals surface area contributed by atoms with Crippen molar-refractivity contribution in [1.82, 2.24) is 5.32 Å². The zero-order valence-electron chi connectivity index (χ0n) is 11.3. The third-order valence-electron chi connectivity index (χ3n) is 3.62. The number of carboxylic acids is 1. The van der Waals surface area contributed by atoms with Crippen LogP contribution in [0.2, 0.25) is 0 Å².